The average Bonchev–Trinajstić information content (AvgIpc) is 3.43. The molecule has 1 aliphatic carbocycles. The molecule has 0 radical (unpaired) electrons. The van der Waals surface area contributed by atoms with E-state index in [4.69, 9.17) is 28.2 Å². The first-order valence-corrected chi connectivity index (χ1v) is 10.4. The molecule has 3 nitrogen and oxygen atoms in total. The second-order valence-corrected chi connectivity index (χ2v) is 8.19. The molecule has 0 aliphatic heterocycles. The zero-order valence-electron chi connectivity index (χ0n) is 16.5. The molecule has 2 aromatic rings. The molecule has 3 rings (SSSR count). The Labute approximate surface area is 172 Å². The molecule has 1 heterocycles. The van der Waals surface area contributed by atoms with Gasteiger partial charge in [-0.25, -0.2) is 0 Å². The van der Waals surface area contributed by atoms with Gasteiger partial charge in [-0.1, -0.05) is 30.1 Å². The Morgan fingerprint density at radius 1 is 1.22 bits per heavy atom. The molecule has 5 heteroatoms. The third kappa shape index (κ3) is 4.64. The largest absolute Gasteiger partial charge is 0.371 e. The summed E-state index contributed by atoms with van der Waals surface area (Å²) in [6, 6.07) is 7.72. The Bertz CT molecular complexity index is 857. The van der Waals surface area contributed by atoms with Crippen molar-refractivity contribution in [1.82, 2.24) is 4.98 Å². The van der Waals surface area contributed by atoms with Crippen molar-refractivity contribution < 1.29 is 0 Å². The molecule has 0 saturated heterocycles. The molecule has 0 amide bonds. The number of halogens is 2. The fourth-order valence-electron chi connectivity index (χ4n) is 3.51. The van der Waals surface area contributed by atoms with E-state index in [1.807, 2.05) is 19.1 Å². The van der Waals surface area contributed by atoms with Crippen LogP contribution < -0.4 is 4.90 Å². The number of benzene rings is 1. The maximum atomic E-state index is 6.47. The predicted octanol–water partition coefficient (Wildman–Crippen LogP) is 6.10. The van der Waals surface area contributed by atoms with Gasteiger partial charge in [-0.2, -0.15) is 0 Å². The highest BCUT2D eigenvalue weighted by atomic mass is 35.5. The molecule has 27 heavy (non-hydrogen) atoms. The zero-order chi connectivity index (χ0) is 19.6. The summed E-state index contributed by atoms with van der Waals surface area (Å²) in [6.45, 7) is 8.60. The van der Waals surface area contributed by atoms with Gasteiger partial charge in [0.1, 0.15) is 0 Å². The highest BCUT2D eigenvalue weighted by molar-refractivity contribution is 6.37. The first kappa shape index (κ1) is 20.2. The van der Waals surface area contributed by atoms with E-state index in [1.54, 1.807) is 13.1 Å². The summed E-state index contributed by atoms with van der Waals surface area (Å²) in [7, 11) is 1.79. The summed E-state index contributed by atoms with van der Waals surface area (Å²) in [5, 5.41) is 1.21. The van der Waals surface area contributed by atoms with Crippen LogP contribution in [0, 0.1) is 19.8 Å². The van der Waals surface area contributed by atoms with E-state index in [9.17, 15) is 0 Å². The van der Waals surface area contributed by atoms with E-state index in [0.717, 1.165) is 53.7 Å². The lowest BCUT2D eigenvalue weighted by Gasteiger charge is -2.27. The van der Waals surface area contributed by atoms with Crippen LogP contribution in [0.3, 0.4) is 0 Å². The Hall–Kier alpha value is -1.58. The highest BCUT2D eigenvalue weighted by Crippen LogP contribution is 2.34. The molecule has 0 unspecified atom stereocenters. The van der Waals surface area contributed by atoms with Gasteiger partial charge in [0.25, 0.3) is 0 Å². The second kappa shape index (κ2) is 8.62. The molecule has 0 N–H and O–H groups in total. The molecule has 0 spiro atoms. The van der Waals surface area contributed by atoms with Gasteiger partial charge in [0.15, 0.2) is 0 Å². The third-order valence-electron chi connectivity index (χ3n) is 5.02. The van der Waals surface area contributed by atoms with Crippen LogP contribution in [0.4, 0.5) is 5.69 Å². The number of aliphatic imine (C=N–C) groups is 1. The molecular weight excluding hydrogens is 377 g/mol. The molecular formula is C22H27Cl2N3. The summed E-state index contributed by atoms with van der Waals surface area (Å²) in [4.78, 5) is 11.9. The topological polar surface area (TPSA) is 28.5 Å². The minimum absolute atomic E-state index is 0.593. The van der Waals surface area contributed by atoms with Crippen molar-refractivity contribution >= 4 is 34.6 Å². The molecule has 0 atom stereocenters. The van der Waals surface area contributed by atoms with Crippen molar-refractivity contribution in [2.45, 2.75) is 40.0 Å². The van der Waals surface area contributed by atoms with Crippen LogP contribution in [0.5, 0.6) is 0 Å². The van der Waals surface area contributed by atoms with Crippen LogP contribution in [-0.2, 0) is 0 Å². The smallest absolute Gasteiger partial charge is 0.0941 e. The average molecular weight is 404 g/mol. The number of pyridine rings is 1. The molecule has 1 aliphatic rings. The van der Waals surface area contributed by atoms with E-state index in [0.29, 0.717) is 10.0 Å². The van der Waals surface area contributed by atoms with Gasteiger partial charge in [-0.3, -0.25) is 9.98 Å². The van der Waals surface area contributed by atoms with Gasteiger partial charge in [0.2, 0.25) is 0 Å². The van der Waals surface area contributed by atoms with Gasteiger partial charge in [0, 0.05) is 47.7 Å². The summed E-state index contributed by atoms with van der Waals surface area (Å²) >= 11 is 12.5. The first-order chi connectivity index (χ1) is 12.9. The zero-order valence-corrected chi connectivity index (χ0v) is 18.0. The van der Waals surface area contributed by atoms with E-state index in [2.05, 4.69) is 29.8 Å². The molecule has 1 fully saturated rings. The molecule has 1 aromatic heterocycles. The summed E-state index contributed by atoms with van der Waals surface area (Å²) in [6.07, 6.45) is 3.82. The van der Waals surface area contributed by atoms with Crippen LogP contribution in [0.15, 0.2) is 29.3 Å². The maximum Gasteiger partial charge on any atom is 0.0941 e. The van der Waals surface area contributed by atoms with Crippen molar-refractivity contribution in [3.05, 3.63) is 56.8 Å². The molecule has 0 bridgehead atoms. The monoisotopic (exact) mass is 403 g/mol. The quantitative estimate of drug-likeness (QED) is 0.522. The second-order valence-electron chi connectivity index (χ2n) is 7.34. The van der Waals surface area contributed by atoms with Crippen LogP contribution in [0.25, 0.3) is 0 Å². The van der Waals surface area contributed by atoms with E-state index >= 15 is 0 Å². The summed E-state index contributed by atoms with van der Waals surface area (Å²) in [5.74, 6) is 0.831. The number of anilines is 1. The standard InChI is InChI=1S/C22H27Cl2N3/c1-5-10-27(13-16-6-7-16)20-11-14(2)26-21(15(20)3)22(25-4)18-9-8-17(23)12-19(18)24/h8-9,11-12,16H,5-7,10,13H2,1-4H3/b25-22-. The summed E-state index contributed by atoms with van der Waals surface area (Å²) < 4.78 is 0. The lowest BCUT2D eigenvalue weighted by molar-refractivity contribution is 0.705. The van der Waals surface area contributed by atoms with Gasteiger partial charge in [-0.05, 0) is 63.3 Å². The van der Waals surface area contributed by atoms with E-state index < -0.39 is 0 Å². The molecule has 1 aromatic carbocycles. The van der Waals surface area contributed by atoms with Crippen molar-refractivity contribution in [1.29, 1.82) is 0 Å². The lowest BCUT2D eigenvalue weighted by atomic mass is 10.0. The number of rotatable bonds is 7. The Kier molecular flexibility index (Phi) is 6.44. The first-order valence-electron chi connectivity index (χ1n) is 9.60. The normalized spacial score (nSPS) is 14.5. The number of aryl methyl sites for hydroxylation is 1. The molecule has 144 valence electrons. The minimum atomic E-state index is 0.593. The van der Waals surface area contributed by atoms with Crippen molar-refractivity contribution in [3.8, 4) is 0 Å². The van der Waals surface area contributed by atoms with Crippen LogP contribution in [-0.4, -0.2) is 30.8 Å². The van der Waals surface area contributed by atoms with Gasteiger partial charge < -0.3 is 4.90 Å². The number of nitrogens with zero attached hydrogens (tertiary/aromatic N) is 3. The Morgan fingerprint density at radius 3 is 2.56 bits per heavy atom. The number of hydrogen-bond acceptors (Lipinski definition) is 3. The highest BCUT2D eigenvalue weighted by Gasteiger charge is 2.26. The van der Waals surface area contributed by atoms with Gasteiger partial charge in [0.05, 0.1) is 16.4 Å². The number of hydrogen-bond donors (Lipinski definition) is 0. The van der Waals surface area contributed by atoms with Gasteiger partial charge in [-0.15, -0.1) is 0 Å². The lowest BCUT2D eigenvalue weighted by Crippen LogP contribution is -2.28. The predicted molar refractivity (Wildman–Crippen MR) is 117 cm³/mol. The Balaban J connectivity index is 2.07. The summed E-state index contributed by atoms with van der Waals surface area (Å²) in [5.41, 5.74) is 5.98. The third-order valence-corrected chi connectivity index (χ3v) is 5.56. The van der Waals surface area contributed by atoms with Crippen molar-refractivity contribution in [2.24, 2.45) is 10.9 Å². The van der Waals surface area contributed by atoms with Gasteiger partial charge >= 0.3 is 0 Å². The maximum absolute atomic E-state index is 6.47. The van der Waals surface area contributed by atoms with Crippen LogP contribution in [0.1, 0.15) is 48.7 Å². The number of aromatic nitrogens is 1. The fourth-order valence-corrected chi connectivity index (χ4v) is 4.00. The van der Waals surface area contributed by atoms with E-state index in [1.165, 1.54) is 18.5 Å². The fraction of sp³-hybridized carbons (Fsp3) is 0.455. The SMILES string of the molecule is CCCN(CC1CC1)c1cc(C)nc(/C(=N\C)c2ccc(Cl)cc2Cl)c1C. The van der Waals surface area contributed by atoms with Crippen molar-refractivity contribution in [2.75, 3.05) is 25.0 Å². The minimum Gasteiger partial charge on any atom is -0.371 e. The Morgan fingerprint density at radius 2 is 1.96 bits per heavy atom. The van der Waals surface area contributed by atoms with Crippen LogP contribution >= 0.6 is 23.2 Å². The van der Waals surface area contributed by atoms with E-state index in [-0.39, 0.29) is 0 Å². The van der Waals surface area contributed by atoms with Crippen LogP contribution in [0.2, 0.25) is 10.0 Å². The van der Waals surface area contributed by atoms with Crippen molar-refractivity contribution in [3.63, 3.8) is 0 Å². The molecule has 1 saturated carbocycles.